The van der Waals surface area contributed by atoms with Crippen LogP contribution in [0.5, 0.6) is 0 Å². The van der Waals surface area contributed by atoms with E-state index in [0.717, 1.165) is 50.2 Å². The zero-order chi connectivity index (χ0) is 14.1. The minimum atomic E-state index is -0.116. The fourth-order valence-corrected chi connectivity index (χ4v) is 3.04. The quantitative estimate of drug-likeness (QED) is 0.853. The maximum Gasteiger partial charge on any atom is 0.132 e. The molecule has 0 amide bonds. The highest BCUT2D eigenvalue weighted by molar-refractivity contribution is 5.82. The van der Waals surface area contributed by atoms with Crippen molar-refractivity contribution in [2.24, 2.45) is 0 Å². The van der Waals surface area contributed by atoms with E-state index in [1.165, 1.54) is 5.69 Å². The summed E-state index contributed by atoms with van der Waals surface area (Å²) in [5.41, 5.74) is 2.23. The van der Waals surface area contributed by atoms with Crippen molar-refractivity contribution in [2.45, 2.75) is 20.0 Å². The Morgan fingerprint density at radius 1 is 1.15 bits per heavy atom. The van der Waals surface area contributed by atoms with Crippen molar-refractivity contribution in [3.63, 3.8) is 0 Å². The van der Waals surface area contributed by atoms with Crippen molar-refractivity contribution < 1.29 is 4.39 Å². The zero-order valence-electron chi connectivity index (χ0n) is 12.3. The van der Waals surface area contributed by atoms with Gasteiger partial charge in [-0.1, -0.05) is 6.07 Å². The predicted molar refractivity (Wildman–Crippen MR) is 80.3 cm³/mol. The molecule has 0 spiro atoms. The third kappa shape index (κ3) is 2.45. The summed E-state index contributed by atoms with van der Waals surface area (Å²) >= 11 is 0. The maximum atomic E-state index is 13.9. The van der Waals surface area contributed by atoms with Crippen molar-refractivity contribution in [3.8, 4) is 0 Å². The van der Waals surface area contributed by atoms with Crippen LogP contribution in [0.3, 0.4) is 0 Å². The molecule has 0 aliphatic carbocycles. The number of piperazine rings is 1. The van der Waals surface area contributed by atoms with Crippen molar-refractivity contribution >= 4 is 10.9 Å². The molecule has 0 atom stereocenters. The van der Waals surface area contributed by atoms with Crippen LogP contribution in [0.2, 0.25) is 0 Å². The van der Waals surface area contributed by atoms with E-state index in [4.69, 9.17) is 0 Å². The standard InChI is InChI=1S/C16H22FN3/c1-3-20-13(12-19-9-7-18(2)8-10-19)11-14-15(17)5-4-6-16(14)20/h4-6,11H,3,7-10,12H2,1-2H3. The highest BCUT2D eigenvalue weighted by Gasteiger charge is 2.17. The maximum absolute atomic E-state index is 13.9. The summed E-state index contributed by atoms with van der Waals surface area (Å²) in [6.07, 6.45) is 0. The molecular weight excluding hydrogens is 253 g/mol. The summed E-state index contributed by atoms with van der Waals surface area (Å²) in [4.78, 5) is 4.81. The lowest BCUT2D eigenvalue weighted by Gasteiger charge is -2.32. The summed E-state index contributed by atoms with van der Waals surface area (Å²) in [5, 5.41) is 0.749. The first kappa shape index (κ1) is 13.6. The van der Waals surface area contributed by atoms with Gasteiger partial charge in [0, 0.05) is 50.3 Å². The highest BCUT2D eigenvalue weighted by atomic mass is 19.1. The molecule has 0 radical (unpaired) electrons. The van der Waals surface area contributed by atoms with Gasteiger partial charge in [0.1, 0.15) is 5.82 Å². The number of likely N-dealkylation sites (N-methyl/N-ethyl adjacent to an activating group) is 1. The second-order valence-electron chi connectivity index (χ2n) is 5.63. The number of halogens is 1. The molecule has 1 aliphatic heterocycles. The first-order chi connectivity index (χ1) is 9.69. The number of aromatic nitrogens is 1. The Morgan fingerprint density at radius 3 is 2.60 bits per heavy atom. The Bertz CT molecular complexity index is 597. The van der Waals surface area contributed by atoms with Gasteiger partial charge in [-0.15, -0.1) is 0 Å². The molecule has 1 aliphatic rings. The topological polar surface area (TPSA) is 11.4 Å². The normalized spacial score (nSPS) is 17.9. The molecule has 3 rings (SSSR count). The largest absolute Gasteiger partial charge is 0.344 e. The van der Waals surface area contributed by atoms with Gasteiger partial charge in [-0.2, -0.15) is 0 Å². The molecule has 2 aromatic rings. The number of nitrogens with zero attached hydrogens (tertiary/aromatic N) is 3. The Morgan fingerprint density at radius 2 is 1.90 bits per heavy atom. The SMILES string of the molecule is CCn1c(CN2CCN(C)CC2)cc2c(F)cccc21. The van der Waals surface area contributed by atoms with E-state index >= 15 is 0 Å². The summed E-state index contributed by atoms with van der Waals surface area (Å²) in [6, 6.07) is 7.37. The molecule has 0 unspecified atom stereocenters. The van der Waals surface area contributed by atoms with Crippen LogP contribution in [0.1, 0.15) is 12.6 Å². The number of fused-ring (bicyclic) bond motifs is 1. The van der Waals surface area contributed by atoms with Crippen molar-refractivity contribution in [3.05, 3.63) is 35.8 Å². The lowest BCUT2D eigenvalue weighted by atomic mass is 10.2. The van der Waals surface area contributed by atoms with Gasteiger partial charge < -0.3 is 9.47 Å². The molecular formula is C16H22FN3. The smallest absolute Gasteiger partial charge is 0.132 e. The van der Waals surface area contributed by atoms with E-state index in [1.807, 2.05) is 12.1 Å². The second kappa shape index (κ2) is 5.54. The van der Waals surface area contributed by atoms with E-state index in [9.17, 15) is 4.39 Å². The van der Waals surface area contributed by atoms with Crippen molar-refractivity contribution in [1.82, 2.24) is 14.4 Å². The molecule has 0 N–H and O–H groups in total. The Kier molecular flexibility index (Phi) is 3.76. The molecule has 1 fully saturated rings. The van der Waals surface area contributed by atoms with Gasteiger partial charge in [-0.3, -0.25) is 4.90 Å². The molecule has 3 nitrogen and oxygen atoms in total. The van der Waals surface area contributed by atoms with E-state index in [2.05, 4.69) is 28.3 Å². The number of aryl methyl sites for hydroxylation is 1. The molecule has 1 aromatic heterocycles. The fraction of sp³-hybridized carbons (Fsp3) is 0.500. The van der Waals surface area contributed by atoms with E-state index < -0.39 is 0 Å². The third-order valence-electron chi connectivity index (χ3n) is 4.28. The first-order valence-corrected chi connectivity index (χ1v) is 7.36. The number of hydrogen-bond acceptors (Lipinski definition) is 2. The average Bonchev–Trinajstić information content (AvgIpc) is 2.80. The summed E-state index contributed by atoms with van der Waals surface area (Å²) in [7, 11) is 2.16. The van der Waals surface area contributed by atoms with Crippen molar-refractivity contribution in [1.29, 1.82) is 0 Å². The number of rotatable bonds is 3. The van der Waals surface area contributed by atoms with Crippen LogP contribution in [0, 0.1) is 5.82 Å². The highest BCUT2D eigenvalue weighted by Crippen LogP contribution is 2.24. The van der Waals surface area contributed by atoms with Crippen LogP contribution < -0.4 is 0 Å². The Hall–Kier alpha value is -1.39. The lowest BCUT2D eigenvalue weighted by molar-refractivity contribution is 0.146. The molecule has 2 heterocycles. The van der Waals surface area contributed by atoms with Gasteiger partial charge in [0.2, 0.25) is 0 Å². The van der Waals surface area contributed by atoms with Gasteiger partial charge >= 0.3 is 0 Å². The van der Waals surface area contributed by atoms with Crippen LogP contribution >= 0.6 is 0 Å². The number of hydrogen-bond donors (Lipinski definition) is 0. The van der Waals surface area contributed by atoms with Gasteiger partial charge in [0.25, 0.3) is 0 Å². The predicted octanol–water partition coefficient (Wildman–Crippen LogP) is 2.55. The van der Waals surface area contributed by atoms with Gasteiger partial charge in [0.15, 0.2) is 0 Å². The van der Waals surface area contributed by atoms with Crippen molar-refractivity contribution in [2.75, 3.05) is 33.2 Å². The average molecular weight is 275 g/mol. The lowest BCUT2D eigenvalue weighted by Crippen LogP contribution is -2.44. The molecule has 108 valence electrons. The second-order valence-corrected chi connectivity index (χ2v) is 5.63. The Balaban J connectivity index is 1.89. The zero-order valence-corrected chi connectivity index (χ0v) is 12.3. The third-order valence-corrected chi connectivity index (χ3v) is 4.28. The minimum Gasteiger partial charge on any atom is -0.344 e. The fourth-order valence-electron chi connectivity index (χ4n) is 3.04. The number of benzene rings is 1. The van der Waals surface area contributed by atoms with Gasteiger partial charge in [-0.25, -0.2) is 4.39 Å². The molecule has 4 heteroatoms. The summed E-state index contributed by atoms with van der Waals surface area (Å²) in [5.74, 6) is -0.116. The molecule has 20 heavy (non-hydrogen) atoms. The van der Waals surface area contributed by atoms with Crippen LogP contribution in [-0.4, -0.2) is 47.6 Å². The van der Waals surface area contributed by atoms with Crippen LogP contribution in [0.4, 0.5) is 4.39 Å². The first-order valence-electron chi connectivity index (χ1n) is 7.36. The minimum absolute atomic E-state index is 0.116. The molecule has 0 bridgehead atoms. The molecule has 1 saturated heterocycles. The van der Waals surface area contributed by atoms with Crippen LogP contribution in [0.25, 0.3) is 10.9 Å². The van der Waals surface area contributed by atoms with Crippen LogP contribution in [0.15, 0.2) is 24.3 Å². The summed E-state index contributed by atoms with van der Waals surface area (Å²) < 4.78 is 16.1. The molecule has 1 aromatic carbocycles. The molecule has 0 saturated carbocycles. The van der Waals surface area contributed by atoms with Crippen LogP contribution in [-0.2, 0) is 13.1 Å². The summed E-state index contributed by atoms with van der Waals surface area (Å²) in [6.45, 7) is 8.32. The van der Waals surface area contributed by atoms with E-state index in [-0.39, 0.29) is 5.82 Å². The van der Waals surface area contributed by atoms with E-state index in [1.54, 1.807) is 12.1 Å². The Labute approximate surface area is 119 Å². The van der Waals surface area contributed by atoms with Gasteiger partial charge in [-0.05, 0) is 32.2 Å². The van der Waals surface area contributed by atoms with Gasteiger partial charge in [0.05, 0.1) is 5.52 Å². The van der Waals surface area contributed by atoms with E-state index in [0.29, 0.717) is 0 Å². The monoisotopic (exact) mass is 275 g/mol.